The zero-order chi connectivity index (χ0) is 19.8. The van der Waals surface area contributed by atoms with Crippen LogP contribution in [0.15, 0.2) is 72.9 Å². The summed E-state index contributed by atoms with van der Waals surface area (Å²) in [4.78, 5) is 16.2. The number of carbonyl (C=O) groups excluding carboxylic acids is 1. The van der Waals surface area contributed by atoms with Crippen molar-refractivity contribution in [3.63, 3.8) is 0 Å². The summed E-state index contributed by atoms with van der Waals surface area (Å²) in [6.07, 6.45) is 1.98. The molecule has 0 fully saturated rings. The van der Waals surface area contributed by atoms with Crippen molar-refractivity contribution in [2.24, 2.45) is 0 Å². The highest BCUT2D eigenvalue weighted by molar-refractivity contribution is 5.68. The summed E-state index contributed by atoms with van der Waals surface area (Å²) in [7, 11) is 0. The molecule has 1 amide bonds. The SMILES string of the molecule is C[C@H](Cc1ccc(Nc2ncccc2N)cc1)NC(=O)OCc1ccccc1. The molecule has 6 nitrogen and oxygen atoms in total. The molecule has 1 aromatic heterocycles. The van der Waals surface area contributed by atoms with Crippen LogP contribution in [0.2, 0.25) is 0 Å². The van der Waals surface area contributed by atoms with E-state index in [1.165, 1.54) is 0 Å². The molecule has 0 unspecified atom stereocenters. The first kappa shape index (κ1) is 19.2. The topological polar surface area (TPSA) is 89.3 Å². The Bertz CT molecular complexity index is 898. The number of aromatic nitrogens is 1. The summed E-state index contributed by atoms with van der Waals surface area (Å²) in [6, 6.07) is 21.1. The van der Waals surface area contributed by atoms with Gasteiger partial charge in [0.2, 0.25) is 0 Å². The highest BCUT2D eigenvalue weighted by Gasteiger charge is 2.09. The van der Waals surface area contributed by atoms with Crippen LogP contribution in [0.25, 0.3) is 0 Å². The third kappa shape index (κ3) is 5.74. The zero-order valence-corrected chi connectivity index (χ0v) is 15.8. The van der Waals surface area contributed by atoms with Gasteiger partial charge in [0, 0.05) is 17.9 Å². The van der Waals surface area contributed by atoms with Crippen LogP contribution in [0.5, 0.6) is 0 Å². The van der Waals surface area contributed by atoms with E-state index in [2.05, 4.69) is 15.6 Å². The van der Waals surface area contributed by atoms with Crippen molar-refractivity contribution < 1.29 is 9.53 Å². The minimum Gasteiger partial charge on any atom is -0.445 e. The maximum atomic E-state index is 11.9. The van der Waals surface area contributed by atoms with Crippen molar-refractivity contribution in [2.45, 2.75) is 26.0 Å². The number of amides is 1. The lowest BCUT2D eigenvalue weighted by Gasteiger charge is -2.15. The molecule has 0 saturated carbocycles. The fourth-order valence-corrected chi connectivity index (χ4v) is 2.75. The molecule has 0 bridgehead atoms. The number of hydrogen-bond donors (Lipinski definition) is 3. The van der Waals surface area contributed by atoms with E-state index in [1.807, 2.05) is 61.5 Å². The average molecular weight is 376 g/mol. The zero-order valence-electron chi connectivity index (χ0n) is 15.8. The Morgan fingerprint density at radius 1 is 1.04 bits per heavy atom. The number of benzene rings is 2. The summed E-state index contributed by atoms with van der Waals surface area (Å²) in [5.74, 6) is 0.631. The number of nitrogen functional groups attached to an aromatic ring is 1. The van der Waals surface area contributed by atoms with Crippen molar-refractivity contribution in [3.05, 3.63) is 84.1 Å². The Hall–Kier alpha value is -3.54. The lowest BCUT2D eigenvalue weighted by Crippen LogP contribution is -2.34. The molecule has 6 heteroatoms. The molecule has 0 radical (unpaired) electrons. The third-order valence-corrected chi connectivity index (χ3v) is 4.17. The number of nitrogens with two attached hydrogens (primary N) is 1. The summed E-state index contributed by atoms with van der Waals surface area (Å²) in [5.41, 5.74) is 9.46. The highest BCUT2D eigenvalue weighted by atomic mass is 16.5. The third-order valence-electron chi connectivity index (χ3n) is 4.17. The largest absolute Gasteiger partial charge is 0.445 e. The number of hydrogen-bond acceptors (Lipinski definition) is 5. The highest BCUT2D eigenvalue weighted by Crippen LogP contribution is 2.20. The van der Waals surface area contributed by atoms with Gasteiger partial charge in [-0.25, -0.2) is 9.78 Å². The van der Waals surface area contributed by atoms with Crippen molar-refractivity contribution in [1.82, 2.24) is 10.3 Å². The lowest BCUT2D eigenvalue weighted by atomic mass is 10.1. The molecule has 0 aliphatic heterocycles. The van der Waals surface area contributed by atoms with Gasteiger partial charge in [0.1, 0.15) is 6.61 Å². The monoisotopic (exact) mass is 376 g/mol. The van der Waals surface area contributed by atoms with Crippen LogP contribution in [0.3, 0.4) is 0 Å². The Balaban J connectivity index is 1.46. The number of nitrogens with zero attached hydrogens (tertiary/aromatic N) is 1. The molecule has 0 saturated heterocycles. The number of rotatable bonds is 7. The van der Waals surface area contributed by atoms with Crippen LogP contribution in [0.4, 0.5) is 22.0 Å². The maximum absolute atomic E-state index is 11.9. The van der Waals surface area contributed by atoms with Gasteiger partial charge in [0.25, 0.3) is 0 Å². The number of pyridine rings is 1. The summed E-state index contributed by atoms with van der Waals surface area (Å²) in [6.45, 7) is 2.21. The quantitative estimate of drug-likeness (QED) is 0.573. The van der Waals surface area contributed by atoms with Gasteiger partial charge in [-0.2, -0.15) is 0 Å². The van der Waals surface area contributed by atoms with E-state index in [-0.39, 0.29) is 12.6 Å². The molecule has 0 aliphatic carbocycles. The normalized spacial score (nSPS) is 11.5. The number of anilines is 3. The van der Waals surface area contributed by atoms with E-state index < -0.39 is 6.09 Å². The van der Waals surface area contributed by atoms with Crippen LogP contribution in [-0.4, -0.2) is 17.1 Å². The van der Waals surface area contributed by atoms with Gasteiger partial charge in [0.05, 0.1) is 5.69 Å². The molecule has 2 aromatic carbocycles. The van der Waals surface area contributed by atoms with Crippen LogP contribution in [0, 0.1) is 0 Å². The smallest absolute Gasteiger partial charge is 0.407 e. The van der Waals surface area contributed by atoms with Gasteiger partial charge < -0.3 is 21.1 Å². The average Bonchev–Trinajstić information content (AvgIpc) is 2.70. The molecule has 1 heterocycles. The van der Waals surface area contributed by atoms with E-state index in [1.54, 1.807) is 18.3 Å². The van der Waals surface area contributed by atoms with Crippen molar-refractivity contribution in [1.29, 1.82) is 0 Å². The Kier molecular flexibility index (Phi) is 6.46. The van der Waals surface area contributed by atoms with Gasteiger partial charge in [0.15, 0.2) is 5.82 Å². The Morgan fingerprint density at radius 2 is 1.79 bits per heavy atom. The molecule has 3 rings (SSSR count). The number of carbonyl (C=O) groups is 1. The first-order chi connectivity index (χ1) is 13.6. The van der Waals surface area contributed by atoms with E-state index in [4.69, 9.17) is 10.5 Å². The second-order valence-corrected chi connectivity index (χ2v) is 6.57. The maximum Gasteiger partial charge on any atom is 0.407 e. The predicted octanol–water partition coefficient (Wildman–Crippen LogP) is 4.26. The minimum absolute atomic E-state index is 0.0477. The molecule has 144 valence electrons. The lowest BCUT2D eigenvalue weighted by molar-refractivity contribution is 0.136. The van der Waals surface area contributed by atoms with Crippen LogP contribution < -0.4 is 16.4 Å². The van der Waals surface area contributed by atoms with Gasteiger partial charge in [-0.1, -0.05) is 42.5 Å². The van der Waals surface area contributed by atoms with Crippen LogP contribution in [-0.2, 0) is 17.8 Å². The molecule has 0 spiro atoms. The number of ether oxygens (including phenoxy) is 1. The van der Waals surface area contributed by atoms with Crippen LogP contribution in [0.1, 0.15) is 18.1 Å². The first-order valence-electron chi connectivity index (χ1n) is 9.14. The fourth-order valence-electron chi connectivity index (χ4n) is 2.75. The fraction of sp³-hybridized carbons (Fsp3) is 0.182. The molecule has 4 N–H and O–H groups in total. The molecule has 0 aliphatic rings. The molecular formula is C22H24N4O2. The van der Waals surface area contributed by atoms with Crippen LogP contribution >= 0.6 is 0 Å². The number of alkyl carbamates (subject to hydrolysis) is 1. The first-order valence-corrected chi connectivity index (χ1v) is 9.14. The van der Waals surface area contributed by atoms with E-state index >= 15 is 0 Å². The van der Waals surface area contributed by atoms with Crippen molar-refractivity contribution >= 4 is 23.3 Å². The van der Waals surface area contributed by atoms with Gasteiger partial charge in [-0.3, -0.25) is 0 Å². The van der Waals surface area contributed by atoms with Gasteiger partial charge in [-0.05, 0) is 48.7 Å². The van der Waals surface area contributed by atoms with Crippen molar-refractivity contribution in [3.8, 4) is 0 Å². The Labute approximate surface area is 164 Å². The van der Waals surface area contributed by atoms with E-state index in [0.29, 0.717) is 17.9 Å². The Morgan fingerprint density at radius 3 is 2.50 bits per heavy atom. The minimum atomic E-state index is -0.416. The standard InChI is InChI=1S/C22H24N4O2/c1-16(25-22(27)28-15-18-6-3-2-4-7-18)14-17-9-11-19(12-10-17)26-21-20(23)8-5-13-24-21/h2-13,16H,14-15,23H2,1H3,(H,24,26)(H,25,27)/t16-/m1/s1. The number of nitrogens with one attached hydrogen (secondary N) is 2. The van der Waals surface area contributed by atoms with E-state index in [0.717, 1.165) is 16.8 Å². The molecule has 1 atom stereocenters. The van der Waals surface area contributed by atoms with Gasteiger partial charge in [-0.15, -0.1) is 0 Å². The second-order valence-electron chi connectivity index (χ2n) is 6.57. The summed E-state index contributed by atoms with van der Waals surface area (Å²) >= 11 is 0. The van der Waals surface area contributed by atoms with Gasteiger partial charge >= 0.3 is 6.09 Å². The second kappa shape index (κ2) is 9.41. The summed E-state index contributed by atoms with van der Waals surface area (Å²) in [5, 5.41) is 6.05. The summed E-state index contributed by atoms with van der Waals surface area (Å²) < 4.78 is 5.25. The van der Waals surface area contributed by atoms with E-state index in [9.17, 15) is 4.79 Å². The molecular weight excluding hydrogens is 352 g/mol. The molecule has 3 aromatic rings. The molecule has 28 heavy (non-hydrogen) atoms. The predicted molar refractivity (Wildman–Crippen MR) is 111 cm³/mol. The van der Waals surface area contributed by atoms with Crippen molar-refractivity contribution in [2.75, 3.05) is 11.1 Å².